The van der Waals surface area contributed by atoms with E-state index in [4.69, 9.17) is 9.15 Å². The number of aryl methyl sites for hydroxylation is 1. The fourth-order valence-corrected chi connectivity index (χ4v) is 1.88. The van der Waals surface area contributed by atoms with Crippen molar-refractivity contribution in [3.8, 4) is 5.75 Å². The predicted molar refractivity (Wildman–Crippen MR) is 74.2 cm³/mol. The van der Waals surface area contributed by atoms with Gasteiger partial charge in [-0.25, -0.2) is 0 Å². The average molecular weight is 277 g/mol. The highest BCUT2D eigenvalue weighted by Crippen LogP contribution is 2.22. The zero-order valence-electron chi connectivity index (χ0n) is 12.2. The van der Waals surface area contributed by atoms with Crippen molar-refractivity contribution in [3.05, 3.63) is 35.5 Å². The van der Waals surface area contributed by atoms with Crippen molar-refractivity contribution in [2.24, 2.45) is 0 Å². The number of methoxy groups -OCH3 is 1. The van der Waals surface area contributed by atoms with Crippen molar-refractivity contribution < 1.29 is 13.9 Å². The first-order chi connectivity index (χ1) is 9.52. The van der Waals surface area contributed by atoms with Gasteiger partial charge in [0, 0.05) is 6.54 Å². The van der Waals surface area contributed by atoms with E-state index < -0.39 is 0 Å². The van der Waals surface area contributed by atoms with Gasteiger partial charge < -0.3 is 14.1 Å². The predicted octanol–water partition coefficient (Wildman–Crippen LogP) is 1.59. The number of likely N-dealkylation sites (N-methyl/N-ethyl adjacent to an activating group) is 1. The molecular weight excluding hydrogens is 258 g/mol. The third kappa shape index (κ3) is 2.91. The molecule has 0 spiro atoms. The minimum Gasteiger partial charge on any atom is -0.493 e. The van der Waals surface area contributed by atoms with Crippen LogP contribution in [0.1, 0.15) is 22.0 Å². The SMILES string of the molecule is COc1cnn(CCN(C)C)c1C(=O)c1ccc(C)o1. The quantitative estimate of drug-likeness (QED) is 0.750. The lowest BCUT2D eigenvalue weighted by Crippen LogP contribution is -2.21. The Labute approximate surface area is 117 Å². The van der Waals surface area contributed by atoms with Crippen LogP contribution in [0.3, 0.4) is 0 Å². The number of hydrogen-bond donors (Lipinski definition) is 0. The highest BCUT2D eigenvalue weighted by molar-refractivity contribution is 6.07. The van der Waals surface area contributed by atoms with Crippen molar-refractivity contribution in [3.63, 3.8) is 0 Å². The maximum Gasteiger partial charge on any atom is 0.249 e. The van der Waals surface area contributed by atoms with Gasteiger partial charge in [0.1, 0.15) is 5.76 Å². The zero-order valence-corrected chi connectivity index (χ0v) is 12.2. The molecule has 2 rings (SSSR count). The topological polar surface area (TPSA) is 60.5 Å². The summed E-state index contributed by atoms with van der Waals surface area (Å²) in [7, 11) is 5.47. The summed E-state index contributed by atoms with van der Waals surface area (Å²) in [6.07, 6.45) is 1.55. The molecule has 6 nitrogen and oxygen atoms in total. The van der Waals surface area contributed by atoms with Crippen molar-refractivity contribution in [1.82, 2.24) is 14.7 Å². The number of carbonyl (C=O) groups is 1. The van der Waals surface area contributed by atoms with Crippen molar-refractivity contribution in [2.75, 3.05) is 27.7 Å². The lowest BCUT2D eigenvalue weighted by atomic mass is 10.2. The molecule has 0 N–H and O–H groups in total. The van der Waals surface area contributed by atoms with Gasteiger partial charge in [-0.3, -0.25) is 9.48 Å². The van der Waals surface area contributed by atoms with Crippen LogP contribution in [0.25, 0.3) is 0 Å². The first kappa shape index (κ1) is 14.3. The molecular formula is C14H19N3O3. The number of furan rings is 1. The maximum atomic E-state index is 12.5. The number of nitrogens with zero attached hydrogens (tertiary/aromatic N) is 3. The summed E-state index contributed by atoms with van der Waals surface area (Å²) < 4.78 is 12.3. The van der Waals surface area contributed by atoms with E-state index in [9.17, 15) is 4.79 Å². The normalized spacial score (nSPS) is 11.1. The standard InChI is InChI=1S/C14H19N3O3/c1-10-5-6-11(20-10)14(18)13-12(19-4)9-15-17(13)8-7-16(2)3/h5-6,9H,7-8H2,1-4H3. The molecule has 0 bridgehead atoms. The van der Waals surface area contributed by atoms with Crippen molar-refractivity contribution in [1.29, 1.82) is 0 Å². The number of hydrogen-bond acceptors (Lipinski definition) is 5. The van der Waals surface area contributed by atoms with Gasteiger partial charge >= 0.3 is 0 Å². The molecule has 2 aromatic rings. The van der Waals surface area contributed by atoms with E-state index >= 15 is 0 Å². The van der Waals surface area contributed by atoms with Gasteiger partial charge in [-0.15, -0.1) is 0 Å². The summed E-state index contributed by atoms with van der Waals surface area (Å²) in [5.41, 5.74) is 0.420. The minimum atomic E-state index is -0.216. The molecule has 0 amide bonds. The third-order valence-corrected chi connectivity index (χ3v) is 2.96. The molecule has 0 aliphatic carbocycles. The van der Waals surface area contributed by atoms with E-state index in [-0.39, 0.29) is 5.78 Å². The Morgan fingerprint density at radius 2 is 2.20 bits per heavy atom. The molecule has 2 heterocycles. The molecule has 0 saturated carbocycles. The van der Waals surface area contributed by atoms with E-state index in [2.05, 4.69) is 5.10 Å². The van der Waals surface area contributed by atoms with Crippen LogP contribution in [0.2, 0.25) is 0 Å². The number of carbonyl (C=O) groups excluding carboxylic acids is 1. The van der Waals surface area contributed by atoms with Crippen molar-refractivity contribution >= 4 is 5.78 Å². The molecule has 0 aliphatic rings. The van der Waals surface area contributed by atoms with Crippen LogP contribution in [0, 0.1) is 6.92 Å². The first-order valence-electron chi connectivity index (χ1n) is 6.38. The Morgan fingerprint density at radius 3 is 2.75 bits per heavy atom. The van der Waals surface area contributed by atoms with Crippen LogP contribution < -0.4 is 4.74 Å². The second-order valence-corrected chi connectivity index (χ2v) is 4.83. The first-order valence-corrected chi connectivity index (χ1v) is 6.38. The van der Waals surface area contributed by atoms with E-state index in [1.54, 1.807) is 29.9 Å². The summed E-state index contributed by atoms with van der Waals surface area (Å²) in [5.74, 6) is 1.24. The van der Waals surface area contributed by atoms with Gasteiger partial charge in [0.2, 0.25) is 5.78 Å². The summed E-state index contributed by atoms with van der Waals surface area (Å²) in [6, 6.07) is 3.43. The Kier molecular flexibility index (Phi) is 4.24. The minimum absolute atomic E-state index is 0.216. The van der Waals surface area contributed by atoms with Crippen LogP contribution in [-0.2, 0) is 6.54 Å². The average Bonchev–Trinajstić information content (AvgIpc) is 3.01. The van der Waals surface area contributed by atoms with Crippen LogP contribution in [0.5, 0.6) is 5.75 Å². The van der Waals surface area contributed by atoms with Gasteiger partial charge in [-0.2, -0.15) is 5.10 Å². The third-order valence-electron chi connectivity index (χ3n) is 2.96. The monoisotopic (exact) mass is 277 g/mol. The van der Waals surface area contributed by atoms with Gasteiger partial charge in [0.15, 0.2) is 17.2 Å². The Bertz CT molecular complexity index is 599. The zero-order chi connectivity index (χ0) is 14.7. The van der Waals surface area contributed by atoms with Crippen molar-refractivity contribution in [2.45, 2.75) is 13.5 Å². The van der Waals surface area contributed by atoms with E-state index in [1.807, 2.05) is 19.0 Å². The highest BCUT2D eigenvalue weighted by atomic mass is 16.5. The molecule has 0 aromatic carbocycles. The lowest BCUT2D eigenvalue weighted by Gasteiger charge is -2.11. The maximum absolute atomic E-state index is 12.5. The molecule has 0 aliphatic heterocycles. The molecule has 0 fully saturated rings. The van der Waals surface area contributed by atoms with Gasteiger partial charge in [0.05, 0.1) is 19.9 Å². The van der Waals surface area contributed by atoms with E-state index in [1.165, 1.54) is 7.11 Å². The number of aromatic nitrogens is 2. The van der Waals surface area contributed by atoms with Gasteiger partial charge in [0.25, 0.3) is 0 Å². The molecule has 0 unspecified atom stereocenters. The second-order valence-electron chi connectivity index (χ2n) is 4.83. The van der Waals surface area contributed by atoms with Gasteiger partial charge in [-0.05, 0) is 33.2 Å². The van der Waals surface area contributed by atoms with Crippen LogP contribution in [0.15, 0.2) is 22.7 Å². The largest absolute Gasteiger partial charge is 0.493 e. The summed E-state index contributed by atoms with van der Waals surface area (Å²) in [6.45, 7) is 3.19. The molecule has 0 saturated heterocycles. The lowest BCUT2D eigenvalue weighted by molar-refractivity contribution is 0.0994. The van der Waals surface area contributed by atoms with Crippen LogP contribution in [0.4, 0.5) is 0 Å². The van der Waals surface area contributed by atoms with E-state index in [0.29, 0.717) is 29.5 Å². The van der Waals surface area contributed by atoms with Crippen LogP contribution >= 0.6 is 0 Å². The molecule has 0 atom stereocenters. The molecule has 20 heavy (non-hydrogen) atoms. The Balaban J connectivity index is 2.33. The molecule has 2 aromatic heterocycles. The fourth-order valence-electron chi connectivity index (χ4n) is 1.88. The fraction of sp³-hybridized carbons (Fsp3) is 0.429. The summed E-state index contributed by atoms with van der Waals surface area (Å²) in [4.78, 5) is 14.5. The van der Waals surface area contributed by atoms with Gasteiger partial charge in [-0.1, -0.05) is 0 Å². The number of ether oxygens (including phenoxy) is 1. The number of rotatable bonds is 6. The molecule has 108 valence electrons. The smallest absolute Gasteiger partial charge is 0.249 e. The molecule has 6 heteroatoms. The highest BCUT2D eigenvalue weighted by Gasteiger charge is 2.23. The van der Waals surface area contributed by atoms with Crippen LogP contribution in [-0.4, -0.2) is 48.2 Å². The van der Waals surface area contributed by atoms with E-state index in [0.717, 1.165) is 6.54 Å². The molecule has 0 radical (unpaired) electrons. The second kappa shape index (κ2) is 5.92. The summed E-state index contributed by atoms with van der Waals surface area (Å²) in [5, 5.41) is 4.21. The Hall–Kier alpha value is -2.08. The summed E-state index contributed by atoms with van der Waals surface area (Å²) >= 11 is 0. The number of ketones is 1. The Morgan fingerprint density at radius 1 is 1.45 bits per heavy atom.